The first-order valence-corrected chi connectivity index (χ1v) is 10.4. The van der Waals surface area contributed by atoms with E-state index < -0.39 is 23.9 Å². The van der Waals surface area contributed by atoms with Crippen LogP contribution in [0.1, 0.15) is 26.3 Å². The number of fused-ring (bicyclic) bond motifs is 5. The van der Waals surface area contributed by atoms with Crippen LogP contribution in [0.5, 0.6) is 5.75 Å². The second-order valence-electron chi connectivity index (χ2n) is 8.29. The molecular weight excluding hydrogens is 426 g/mol. The molecule has 0 fully saturated rings. The number of rotatable bonds is 4. The third kappa shape index (κ3) is 3.68. The van der Waals surface area contributed by atoms with Crippen LogP contribution in [0.25, 0.3) is 21.8 Å². The molecule has 0 saturated heterocycles. The van der Waals surface area contributed by atoms with Crippen LogP contribution >= 0.6 is 0 Å². The Labute approximate surface area is 190 Å². The summed E-state index contributed by atoms with van der Waals surface area (Å²) in [6.07, 6.45) is -0.527. The van der Waals surface area contributed by atoms with Gasteiger partial charge in [-0.1, -0.05) is 0 Å². The second-order valence-corrected chi connectivity index (χ2v) is 8.29. The largest absolute Gasteiger partial charge is 0.415 e. The molecule has 0 spiro atoms. The van der Waals surface area contributed by atoms with Crippen molar-refractivity contribution >= 4 is 45.7 Å². The number of aromatic nitrogens is 1. The van der Waals surface area contributed by atoms with E-state index in [1.807, 2.05) is 19.0 Å². The molecule has 0 bridgehead atoms. The molecule has 1 aromatic heterocycles. The highest BCUT2D eigenvalue weighted by Crippen LogP contribution is 2.38. The van der Waals surface area contributed by atoms with Gasteiger partial charge in [0.05, 0.1) is 22.2 Å². The van der Waals surface area contributed by atoms with E-state index in [4.69, 9.17) is 4.74 Å². The standard InChI is InChI=1S/C23H25N5O5/c1-12-10-15-18(21(30)25-20(15)29)17-14-11-13(33-23(32)27(5)9-8-26(3)4)6-7-16(14)28(19(12)17)22(31)24-2/h6-7,10-11H,8-9H2,1-5H3,(H,24,31)(H,25,29,30). The maximum absolute atomic E-state index is 12.8. The maximum Gasteiger partial charge on any atom is 0.415 e. The molecule has 2 aromatic carbocycles. The second kappa shape index (κ2) is 8.21. The molecule has 1 aliphatic rings. The van der Waals surface area contributed by atoms with Crippen LogP contribution in [0.4, 0.5) is 9.59 Å². The molecule has 0 atom stereocenters. The van der Waals surface area contributed by atoms with E-state index in [-0.39, 0.29) is 16.9 Å². The van der Waals surface area contributed by atoms with E-state index in [0.29, 0.717) is 40.5 Å². The lowest BCUT2D eigenvalue weighted by Gasteiger charge is -2.19. The van der Waals surface area contributed by atoms with E-state index in [0.717, 1.165) is 0 Å². The Morgan fingerprint density at radius 2 is 1.82 bits per heavy atom. The molecule has 172 valence electrons. The average Bonchev–Trinajstić information content (AvgIpc) is 3.25. The number of carbonyl (C=O) groups is 4. The Hall–Kier alpha value is -3.92. The van der Waals surface area contributed by atoms with E-state index >= 15 is 0 Å². The fourth-order valence-electron chi connectivity index (χ4n) is 4.04. The quantitative estimate of drug-likeness (QED) is 0.588. The zero-order valence-corrected chi connectivity index (χ0v) is 19.1. The number of nitrogens with one attached hydrogen (secondary N) is 2. The van der Waals surface area contributed by atoms with Gasteiger partial charge in [-0.05, 0) is 50.8 Å². The van der Waals surface area contributed by atoms with Crippen molar-refractivity contribution in [3.05, 3.63) is 41.0 Å². The molecule has 0 radical (unpaired) electrons. The van der Waals surface area contributed by atoms with Gasteiger partial charge in [-0.2, -0.15) is 0 Å². The van der Waals surface area contributed by atoms with Crippen LogP contribution < -0.4 is 15.4 Å². The van der Waals surface area contributed by atoms with E-state index in [2.05, 4.69) is 10.6 Å². The predicted octanol–water partition coefficient (Wildman–Crippen LogP) is 2.17. The lowest BCUT2D eigenvalue weighted by atomic mass is 9.99. The van der Waals surface area contributed by atoms with Gasteiger partial charge >= 0.3 is 12.1 Å². The van der Waals surface area contributed by atoms with Crippen molar-refractivity contribution in [2.24, 2.45) is 0 Å². The molecule has 2 heterocycles. The van der Waals surface area contributed by atoms with Gasteiger partial charge < -0.3 is 19.9 Å². The van der Waals surface area contributed by atoms with Crippen LogP contribution in [0.15, 0.2) is 24.3 Å². The van der Waals surface area contributed by atoms with Crippen molar-refractivity contribution in [3.8, 4) is 5.75 Å². The van der Waals surface area contributed by atoms with E-state index in [9.17, 15) is 19.2 Å². The predicted molar refractivity (Wildman–Crippen MR) is 123 cm³/mol. The zero-order valence-electron chi connectivity index (χ0n) is 19.1. The van der Waals surface area contributed by atoms with Crippen LogP contribution in [-0.4, -0.2) is 79.6 Å². The molecule has 4 rings (SSSR count). The third-order valence-electron chi connectivity index (χ3n) is 5.71. The molecule has 3 aromatic rings. The highest BCUT2D eigenvalue weighted by atomic mass is 16.6. The van der Waals surface area contributed by atoms with Gasteiger partial charge in [0.2, 0.25) is 0 Å². The lowest BCUT2D eigenvalue weighted by molar-refractivity contribution is 0.0880. The topological polar surface area (TPSA) is 113 Å². The van der Waals surface area contributed by atoms with Crippen molar-refractivity contribution in [2.45, 2.75) is 6.92 Å². The number of hydrogen-bond donors (Lipinski definition) is 2. The highest BCUT2D eigenvalue weighted by molar-refractivity contribution is 6.31. The summed E-state index contributed by atoms with van der Waals surface area (Å²) >= 11 is 0. The molecule has 0 saturated carbocycles. The van der Waals surface area contributed by atoms with Crippen LogP contribution in [0, 0.1) is 6.92 Å². The molecule has 33 heavy (non-hydrogen) atoms. The van der Waals surface area contributed by atoms with Crippen LogP contribution in [0.3, 0.4) is 0 Å². The van der Waals surface area contributed by atoms with Crippen molar-refractivity contribution in [3.63, 3.8) is 0 Å². The van der Waals surface area contributed by atoms with E-state index in [1.165, 1.54) is 16.5 Å². The fourth-order valence-corrected chi connectivity index (χ4v) is 4.04. The average molecular weight is 451 g/mol. The van der Waals surface area contributed by atoms with Gasteiger partial charge in [0.25, 0.3) is 11.8 Å². The number of amides is 4. The number of nitrogens with zero attached hydrogens (tertiary/aromatic N) is 3. The Kier molecular flexibility index (Phi) is 5.54. The van der Waals surface area contributed by atoms with Gasteiger partial charge in [0.15, 0.2) is 0 Å². The zero-order chi connectivity index (χ0) is 24.0. The highest BCUT2D eigenvalue weighted by Gasteiger charge is 2.33. The summed E-state index contributed by atoms with van der Waals surface area (Å²) in [5.74, 6) is -0.743. The number of benzene rings is 2. The number of hydrogen-bond acceptors (Lipinski definition) is 6. The number of carbonyl (C=O) groups excluding carboxylic acids is 4. The summed E-state index contributed by atoms with van der Waals surface area (Å²) in [6, 6.07) is 6.09. The number of aryl methyl sites for hydroxylation is 1. The van der Waals surface area contributed by atoms with Crippen molar-refractivity contribution in [1.29, 1.82) is 0 Å². The van der Waals surface area contributed by atoms with Crippen molar-refractivity contribution < 1.29 is 23.9 Å². The number of imide groups is 1. The van der Waals surface area contributed by atoms with Gasteiger partial charge in [-0.3, -0.25) is 19.5 Å². The summed E-state index contributed by atoms with van der Waals surface area (Å²) in [4.78, 5) is 53.7. The lowest BCUT2D eigenvalue weighted by Crippen LogP contribution is -2.35. The Bertz CT molecular complexity index is 1340. The fraction of sp³-hybridized carbons (Fsp3) is 0.304. The monoisotopic (exact) mass is 451 g/mol. The van der Waals surface area contributed by atoms with Crippen molar-refractivity contribution in [1.82, 2.24) is 25.0 Å². The molecule has 0 aliphatic carbocycles. The van der Waals surface area contributed by atoms with Gasteiger partial charge in [-0.25, -0.2) is 9.59 Å². The van der Waals surface area contributed by atoms with Crippen molar-refractivity contribution in [2.75, 3.05) is 41.3 Å². The molecule has 2 N–H and O–H groups in total. The maximum atomic E-state index is 12.8. The minimum atomic E-state index is -0.527. The summed E-state index contributed by atoms with van der Waals surface area (Å²) in [6.45, 7) is 2.94. The Morgan fingerprint density at radius 1 is 1.09 bits per heavy atom. The summed E-state index contributed by atoms with van der Waals surface area (Å²) in [5, 5.41) is 5.92. The molecule has 10 heteroatoms. The van der Waals surface area contributed by atoms with E-state index in [1.54, 1.807) is 38.2 Å². The van der Waals surface area contributed by atoms with Gasteiger partial charge in [0.1, 0.15) is 5.75 Å². The SMILES string of the molecule is CNC(=O)n1c2ccc(OC(=O)N(C)CCN(C)C)cc2c2c3c(cc(C)c21)C(=O)NC3=O. The number of likely N-dealkylation sites (N-methyl/N-ethyl adjacent to an activating group) is 2. The Morgan fingerprint density at radius 3 is 2.48 bits per heavy atom. The molecular formula is C23H25N5O5. The van der Waals surface area contributed by atoms with Gasteiger partial charge in [0, 0.05) is 38.0 Å². The number of ether oxygens (including phenoxy) is 1. The first kappa shape index (κ1) is 22.3. The molecule has 4 amide bonds. The molecule has 1 aliphatic heterocycles. The minimum Gasteiger partial charge on any atom is -0.410 e. The third-order valence-corrected chi connectivity index (χ3v) is 5.71. The first-order chi connectivity index (χ1) is 15.6. The van der Waals surface area contributed by atoms with Crippen LogP contribution in [0.2, 0.25) is 0 Å². The smallest absolute Gasteiger partial charge is 0.410 e. The summed E-state index contributed by atoms with van der Waals surface area (Å²) < 4.78 is 7.01. The Balaban J connectivity index is 1.89. The van der Waals surface area contributed by atoms with Crippen LogP contribution in [-0.2, 0) is 0 Å². The summed E-state index contributed by atoms with van der Waals surface area (Å²) in [7, 11) is 6.99. The van der Waals surface area contributed by atoms with Gasteiger partial charge in [-0.15, -0.1) is 0 Å². The normalized spacial score (nSPS) is 12.9. The minimum absolute atomic E-state index is 0.208. The molecule has 0 unspecified atom stereocenters. The first-order valence-electron chi connectivity index (χ1n) is 10.4. The molecule has 10 nitrogen and oxygen atoms in total. The summed E-state index contributed by atoms with van der Waals surface area (Å²) in [5.41, 5.74) is 2.16.